The summed E-state index contributed by atoms with van der Waals surface area (Å²) in [6.45, 7) is -1.58. The van der Waals surface area contributed by atoms with Gasteiger partial charge in [0.25, 0.3) is 0 Å². The number of alkyl halides is 3. The van der Waals surface area contributed by atoms with E-state index in [-0.39, 0.29) is 13.0 Å². The van der Waals surface area contributed by atoms with E-state index in [1.54, 1.807) is 11.4 Å². The highest BCUT2D eigenvalue weighted by Crippen LogP contribution is 2.32. The molecule has 0 aromatic heterocycles. The fourth-order valence-electron chi connectivity index (χ4n) is 2.62. The summed E-state index contributed by atoms with van der Waals surface area (Å²) in [4.78, 5) is 24.8. The van der Waals surface area contributed by atoms with E-state index in [1.807, 2.05) is 0 Å². The van der Waals surface area contributed by atoms with Gasteiger partial charge in [0.2, 0.25) is 11.8 Å². The molecule has 1 saturated heterocycles. The van der Waals surface area contributed by atoms with Gasteiger partial charge < -0.3 is 15.3 Å². The first-order valence-electron chi connectivity index (χ1n) is 7.22. The zero-order chi connectivity index (χ0) is 17.9. The van der Waals surface area contributed by atoms with Gasteiger partial charge in [-0.05, 0) is 24.1 Å². The molecule has 1 aromatic carbocycles. The van der Waals surface area contributed by atoms with E-state index < -0.39 is 48.9 Å². The largest absolute Gasteiger partial charge is 0.405 e. The number of likely N-dealkylation sites (tertiary alicyclic amines) is 1. The average Bonchev–Trinajstić information content (AvgIpc) is 2.87. The molecule has 1 heterocycles. The van der Waals surface area contributed by atoms with E-state index >= 15 is 0 Å². The number of carbonyl (C=O) groups excluding carboxylic acids is 2. The summed E-state index contributed by atoms with van der Waals surface area (Å²) >= 11 is 0. The highest BCUT2D eigenvalue weighted by atomic mass is 19.4. The van der Waals surface area contributed by atoms with Gasteiger partial charge in [0.05, 0.1) is 12.1 Å². The Labute approximate surface area is 135 Å². The summed E-state index contributed by atoms with van der Waals surface area (Å²) in [5, 5.41) is 11.4. The monoisotopic (exact) mass is 348 g/mol. The first-order chi connectivity index (χ1) is 11.2. The van der Waals surface area contributed by atoms with Crippen molar-refractivity contribution in [2.75, 3.05) is 13.1 Å². The van der Waals surface area contributed by atoms with Crippen LogP contribution in [0.2, 0.25) is 0 Å². The van der Waals surface area contributed by atoms with Crippen molar-refractivity contribution in [3.8, 4) is 0 Å². The number of aliphatic hydroxyl groups excluding tert-OH is 1. The van der Waals surface area contributed by atoms with Crippen LogP contribution in [0.15, 0.2) is 24.3 Å². The van der Waals surface area contributed by atoms with Crippen LogP contribution in [0.1, 0.15) is 24.4 Å². The molecule has 2 rings (SSSR count). The van der Waals surface area contributed by atoms with Crippen molar-refractivity contribution in [3.05, 3.63) is 35.6 Å². The van der Waals surface area contributed by atoms with Crippen LogP contribution < -0.4 is 5.32 Å². The normalized spacial score (nSPS) is 21.0. The number of rotatable bonds is 4. The van der Waals surface area contributed by atoms with Crippen LogP contribution in [0.25, 0.3) is 0 Å². The number of amides is 2. The molecule has 2 N–H and O–H groups in total. The molecule has 2 atom stereocenters. The number of hydrogen-bond acceptors (Lipinski definition) is 3. The number of β-amino-alcohol motifs (C(OH)–C–C–N with tert-alkyl or cyclic N) is 1. The van der Waals surface area contributed by atoms with Crippen molar-refractivity contribution in [2.24, 2.45) is 0 Å². The standard InChI is InChI=1S/C15H16F4N2O3/c16-10-3-1-2-9(4-10)12-5-11(22)7-21(12)14(24)6-13(23)20-8-15(17,18)19/h1-4,11-12,22H,5-8H2,(H,20,23)/t11-,12+/m0/s1. The van der Waals surface area contributed by atoms with Crippen molar-refractivity contribution < 1.29 is 32.3 Å². The summed E-state index contributed by atoms with van der Waals surface area (Å²) in [5.74, 6) is -2.29. The van der Waals surface area contributed by atoms with Crippen LogP contribution in [-0.4, -0.2) is 47.2 Å². The summed E-state index contributed by atoms with van der Waals surface area (Å²) in [7, 11) is 0. The number of aliphatic hydroxyl groups is 1. The highest BCUT2D eigenvalue weighted by Gasteiger charge is 2.36. The van der Waals surface area contributed by atoms with Gasteiger partial charge in [0.1, 0.15) is 18.8 Å². The maximum atomic E-state index is 13.3. The van der Waals surface area contributed by atoms with Crippen molar-refractivity contribution >= 4 is 11.8 Å². The third kappa shape index (κ3) is 4.92. The Kier molecular flexibility index (Phi) is 5.43. The van der Waals surface area contributed by atoms with Crippen LogP contribution >= 0.6 is 0 Å². The maximum absolute atomic E-state index is 13.3. The van der Waals surface area contributed by atoms with E-state index in [2.05, 4.69) is 0 Å². The minimum absolute atomic E-state index is 0.0629. The lowest BCUT2D eigenvalue weighted by atomic mass is 10.0. The van der Waals surface area contributed by atoms with Gasteiger partial charge in [-0.15, -0.1) is 0 Å². The smallest absolute Gasteiger partial charge is 0.391 e. The lowest BCUT2D eigenvalue weighted by Crippen LogP contribution is -2.39. The summed E-state index contributed by atoms with van der Waals surface area (Å²) in [6.07, 6.45) is -6.01. The lowest BCUT2D eigenvalue weighted by molar-refractivity contribution is -0.143. The van der Waals surface area contributed by atoms with Crippen LogP contribution in [-0.2, 0) is 9.59 Å². The molecule has 1 aliphatic rings. The maximum Gasteiger partial charge on any atom is 0.405 e. The van der Waals surface area contributed by atoms with Crippen LogP contribution in [0.4, 0.5) is 17.6 Å². The predicted molar refractivity (Wildman–Crippen MR) is 75.2 cm³/mol. The van der Waals surface area contributed by atoms with Gasteiger partial charge in [-0.2, -0.15) is 13.2 Å². The molecule has 24 heavy (non-hydrogen) atoms. The number of nitrogens with one attached hydrogen (secondary N) is 1. The zero-order valence-electron chi connectivity index (χ0n) is 12.5. The molecule has 0 bridgehead atoms. The second-order valence-corrected chi connectivity index (χ2v) is 5.58. The molecule has 5 nitrogen and oxygen atoms in total. The van der Waals surface area contributed by atoms with Crippen LogP contribution in [0, 0.1) is 5.82 Å². The first kappa shape index (κ1) is 18.2. The molecule has 0 spiro atoms. The molecule has 9 heteroatoms. The number of benzene rings is 1. The minimum Gasteiger partial charge on any atom is -0.391 e. The Morgan fingerprint density at radius 1 is 1.33 bits per heavy atom. The molecule has 1 fully saturated rings. The van der Waals surface area contributed by atoms with Gasteiger partial charge in [-0.25, -0.2) is 4.39 Å². The quantitative estimate of drug-likeness (QED) is 0.640. The summed E-state index contributed by atoms with van der Waals surface area (Å²) in [5.41, 5.74) is 0.454. The highest BCUT2D eigenvalue weighted by molar-refractivity contribution is 5.97. The molecular weight excluding hydrogens is 332 g/mol. The number of carbonyl (C=O) groups is 2. The van der Waals surface area contributed by atoms with Crippen molar-refractivity contribution in [1.82, 2.24) is 10.2 Å². The van der Waals surface area contributed by atoms with E-state index in [9.17, 15) is 32.3 Å². The first-order valence-corrected chi connectivity index (χ1v) is 7.22. The van der Waals surface area contributed by atoms with Crippen molar-refractivity contribution in [1.29, 1.82) is 0 Å². The van der Waals surface area contributed by atoms with Gasteiger partial charge in [0.15, 0.2) is 0 Å². The van der Waals surface area contributed by atoms with Gasteiger partial charge in [-0.1, -0.05) is 12.1 Å². The molecule has 1 aromatic rings. The fraction of sp³-hybridized carbons (Fsp3) is 0.467. The van der Waals surface area contributed by atoms with Gasteiger partial charge in [-0.3, -0.25) is 9.59 Å². The molecule has 1 aliphatic heterocycles. The number of halogens is 4. The molecule has 132 valence electrons. The minimum atomic E-state index is -4.56. The summed E-state index contributed by atoms with van der Waals surface area (Å²) in [6, 6.07) is 4.85. The van der Waals surface area contributed by atoms with Crippen LogP contribution in [0.5, 0.6) is 0 Å². The Morgan fingerprint density at radius 2 is 2.04 bits per heavy atom. The Hall–Kier alpha value is -2.16. The lowest BCUT2D eigenvalue weighted by Gasteiger charge is -2.24. The van der Waals surface area contributed by atoms with Crippen LogP contribution in [0.3, 0.4) is 0 Å². The second kappa shape index (κ2) is 7.16. The topological polar surface area (TPSA) is 69.6 Å². The van der Waals surface area contributed by atoms with E-state index in [1.165, 1.54) is 23.1 Å². The van der Waals surface area contributed by atoms with Gasteiger partial charge >= 0.3 is 6.18 Å². The average molecular weight is 348 g/mol. The Bertz CT molecular complexity index is 621. The SMILES string of the molecule is O=C(CC(=O)N1C[C@@H](O)C[C@@H]1c1cccc(F)c1)NCC(F)(F)F. The number of nitrogens with zero attached hydrogens (tertiary/aromatic N) is 1. The van der Waals surface area contributed by atoms with E-state index in [0.29, 0.717) is 5.56 Å². The Balaban J connectivity index is 2.02. The van der Waals surface area contributed by atoms with E-state index in [0.717, 1.165) is 0 Å². The van der Waals surface area contributed by atoms with Gasteiger partial charge in [0, 0.05) is 6.54 Å². The molecule has 2 amide bonds. The predicted octanol–water partition coefficient (Wildman–Crippen LogP) is 1.53. The van der Waals surface area contributed by atoms with Crippen molar-refractivity contribution in [2.45, 2.75) is 31.2 Å². The van der Waals surface area contributed by atoms with Crippen molar-refractivity contribution in [3.63, 3.8) is 0 Å². The zero-order valence-corrected chi connectivity index (χ0v) is 12.5. The van der Waals surface area contributed by atoms with E-state index in [4.69, 9.17) is 0 Å². The molecule has 0 aliphatic carbocycles. The molecular formula is C15H16F4N2O3. The molecule has 0 saturated carbocycles. The third-order valence-electron chi connectivity index (χ3n) is 3.63. The third-order valence-corrected chi connectivity index (χ3v) is 3.63. The second-order valence-electron chi connectivity index (χ2n) is 5.58. The molecule has 0 unspecified atom stereocenters. The number of hydrogen-bond donors (Lipinski definition) is 2. The summed E-state index contributed by atoms with van der Waals surface area (Å²) < 4.78 is 49.5. The fourth-order valence-corrected chi connectivity index (χ4v) is 2.62. The Morgan fingerprint density at radius 3 is 2.67 bits per heavy atom. The molecule has 0 radical (unpaired) electrons.